The molecule has 1 heterocycles. The van der Waals surface area contributed by atoms with Gasteiger partial charge in [-0.1, -0.05) is 0 Å². The van der Waals surface area contributed by atoms with E-state index >= 15 is 0 Å². The van der Waals surface area contributed by atoms with Crippen LogP contribution in [0, 0.1) is 0 Å². The highest BCUT2D eigenvalue weighted by Gasteiger charge is 2.31. The van der Waals surface area contributed by atoms with Crippen LogP contribution in [-0.2, 0) is 14.8 Å². The number of ether oxygens (including phenoxy) is 3. The van der Waals surface area contributed by atoms with Crippen molar-refractivity contribution in [1.29, 1.82) is 0 Å². The van der Waals surface area contributed by atoms with E-state index in [0.29, 0.717) is 24.6 Å². The van der Waals surface area contributed by atoms with Crippen LogP contribution in [0.5, 0.6) is 11.5 Å². The van der Waals surface area contributed by atoms with E-state index in [-0.39, 0.29) is 17.0 Å². The Bertz CT molecular complexity index is 590. The number of rotatable bonds is 6. The molecule has 8 heteroatoms. The lowest BCUT2D eigenvalue weighted by molar-refractivity contribution is 0.103. The molecule has 1 unspecified atom stereocenters. The van der Waals surface area contributed by atoms with E-state index in [0.717, 1.165) is 0 Å². The first-order chi connectivity index (χ1) is 10.0. The Morgan fingerprint density at radius 3 is 2.48 bits per heavy atom. The second kappa shape index (κ2) is 6.61. The average molecular weight is 316 g/mol. The Morgan fingerprint density at radius 1 is 1.14 bits per heavy atom. The molecule has 0 bridgehead atoms. The maximum Gasteiger partial charge on any atom is 0.241 e. The molecule has 1 aliphatic rings. The summed E-state index contributed by atoms with van der Waals surface area (Å²) in [5.74, 6) is 0.849. The van der Waals surface area contributed by atoms with Gasteiger partial charge in [0.15, 0.2) is 11.5 Å². The third kappa shape index (κ3) is 3.46. The third-order valence-corrected chi connectivity index (χ3v) is 4.92. The number of methoxy groups -OCH3 is 3. The Hall–Kier alpha value is -1.35. The lowest BCUT2D eigenvalue weighted by Crippen LogP contribution is -2.43. The fourth-order valence-electron chi connectivity index (χ4n) is 2.27. The number of hydrogen-bond donors (Lipinski definition) is 2. The van der Waals surface area contributed by atoms with Gasteiger partial charge in [-0.3, -0.25) is 0 Å². The van der Waals surface area contributed by atoms with E-state index in [9.17, 15) is 8.42 Å². The van der Waals surface area contributed by atoms with Gasteiger partial charge in [-0.05, 0) is 12.1 Å². The highest BCUT2D eigenvalue weighted by Crippen LogP contribution is 2.29. The largest absolute Gasteiger partial charge is 0.493 e. The lowest BCUT2D eigenvalue weighted by Gasteiger charge is -2.19. The fourth-order valence-corrected chi connectivity index (χ4v) is 3.55. The van der Waals surface area contributed by atoms with Crippen LogP contribution in [0.3, 0.4) is 0 Å². The Balaban J connectivity index is 2.23. The van der Waals surface area contributed by atoms with E-state index in [2.05, 4.69) is 10.0 Å². The van der Waals surface area contributed by atoms with E-state index in [4.69, 9.17) is 14.2 Å². The fraction of sp³-hybridized carbons (Fsp3) is 0.538. The van der Waals surface area contributed by atoms with Crippen LogP contribution >= 0.6 is 0 Å². The molecule has 1 aliphatic heterocycles. The first kappa shape index (κ1) is 16.0. The van der Waals surface area contributed by atoms with Crippen LogP contribution in [0.1, 0.15) is 0 Å². The minimum atomic E-state index is -3.65. The third-order valence-electron chi connectivity index (χ3n) is 3.43. The summed E-state index contributed by atoms with van der Waals surface area (Å²) in [5, 5.41) is 3.09. The minimum Gasteiger partial charge on any atom is -0.493 e. The Morgan fingerprint density at radius 2 is 1.86 bits per heavy atom. The maximum absolute atomic E-state index is 12.4. The van der Waals surface area contributed by atoms with E-state index in [1.54, 1.807) is 13.2 Å². The summed E-state index contributed by atoms with van der Waals surface area (Å²) in [6.45, 7) is 1.15. The molecule has 7 nitrogen and oxygen atoms in total. The molecule has 0 amide bonds. The van der Waals surface area contributed by atoms with Gasteiger partial charge >= 0.3 is 0 Å². The van der Waals surface area contributed by atoms with Gasteiger partial charge in [0.1, 0.15) is 0 Å². The molecule has 0 spiro atoms. The predicted octanol–water partition coefficient (Wildman–Crippen LogP) is -0.0311. The second-order valence-corrected chi connectivity index (χ2v) is 6.39. The van der Waals surface area contributed by atoms with Crippen LogP contribution in [0.15, 0.2) is 23.1 Å². The molecule has 2 N–H and O–H groups in total. The normalized spacial score (nSPS) is 22.2. The van der Waals surface area contributed by atoms with Crippen molar-refractivity contribution in [2.45, 2.75) is 17.0 Å². The minimum absolute atomic E-state index is 0.127. The van der Waals surface area contributed by atoms with Crippen LogP contribution in [0.2, 0.25) is 0 Å². The molecular formula is C13H20N2O5S. The molecule has 0 radical (unpaired) electrons. The topological polar surface area (TPSA) is 85.9 Å². The monoisotopic (exact) mass is 316 g/mol. The van der Waals surface area contributed by atoms with Crippen molar-refractivity contribution < 1.29 is 22.6 Å². The van der Waals surface area contributed by atoms with Crippen LogP contribution < -0.4 is 19.5 Å². The quantitative estimate of drug-likeness (QED) is 0.766. The summed E-state index contributed by atoms with van der Waals surface area (Å²) in [6, 6.07) is 4.18. The second-order valence-electron chi connectivity index (χ2n) is 4.68. The summed E-state index contributed by atoms with van der Waals surface area (Å²) in [5.41, 5.74) is 0. The van der Waals surface area contributed by atoms with Gasteiger partial charge in [0.05, 0.1) is 31.3 Å². The van der Waals surface area contributed by atoms with Crippen molar-refractivity contribution in [2.75, 3.05) is 34.4 Å². The maximum atomic E-state index is 12.4. The molecule has 1 aromatic rings. The SMILES string of the molecule is COc1ccc(S(=O)(=O)NC2CNC[C@@H]2OC)cc1OC. The summed E-state index contributed by atoms with van der Waals surface area (Å²) < 4.78 is 43.0. The van der Waals surface area contributed by atoms with E-state index in [1.165, 1.54) is 26.4 Å². The van der Waals surface area contributed by atoms with Crippen molar-refractivity contribution in [3.05, 3.63) is 18.2 Å². The number of sulfonamides is 1. The van der Waals surface area contributed by atoms with Gasteiger partial charge in [0.25, 0.3) is 0 Å². The van der Waals surface area contributed by atoms with Gasteiger partial charge < -0.3 is 19.5 Å². The molecule has 1 fully saturated rings. The molecule has 0 aliphatic carbocycles. The average Bonchev–Trinajstić information content (AvgIpc) is 2.92. The first-order valence-electron chi connectivity index (χ1n) is 6.49. The van der Waals surface area contributed by atoms with Crippen LogP contribution in [0.25, 0.3) is 0 Å². The molecule has 2 rings (SSSR count). The number of nitrogens with one attached hydrogen (secondary N) is 2. The van der Waals surface area contributed by atoms with Crippen molar-refractivity contribution in [3.63, 3.8) is 0 Å². The smallest absolute Gasteiger partial charge is 0.241 e. The van der Waals surface area contributed by atoms with Crippen molar-refractivity contribution in [1.82, 2.24) is 10.0 Å². The first-order valence-corrected chi connectivity index (χ1v) is 7.98. The van der Waals surface area contributed by atoms with Gasteiger partial charge in [-0.2, -0.15) is 0 Å². The lowest BCUT2D eigenvalue weighted by atomic mass is 10.2. The summed E-state index contributed by atoms with van der Waals surface area (Å²) in [7, 11) is 0.875. The zero-order valence-corrected chi connectivity index (χ0v) is 13.1. The van der Waals surface area contributed by atoms with Gasteiger partial charge in [-0.15, -0.1) is 0 Å². The highest BCUT2D eigenvalue weighted by atomic mass is 32.2. The van der Waals surface area contributed by atoms with Crippen LogP contribution in [0.4, 0.5) is 0 Å². The summed E-state index contributed by atoms with van der Waals surface area (Å²) in [4.78, 5) is 0.127. The van der Waals surface area contributed by atoms with Crippen molar-refractivity contribution in [2.24, 2.45) is 0 Å². The molecule has 21 heavy (non-hydrogen) atoms. The summed E-state index contributed by atoms with van der Waals surface area (Å²) >= 11 is 0. The molecule has 1 aromatic carbocycles. The molecule has 118 valence electrons. The standard InChI is InChI=1S/C13H20N2O5S/c1-18-11-5-4-9(6-12(11)19-2)21(16,17)15-10-7-14-8-13(10)20-3/h4-6,10,13-15H,7-8H2,1-3H3/t10?,13-/m0/s1. The molecule has 0 aromatic heterocycles. The molecule has 0 saturated carbocycles. The number of hydrogen-bond acceptors (Lipinski definition) is 6. The molecule has 2 atom stereocenters. The Labute approximate surface area is 124 Å². The zero-order chi connectivity index (χ0) is 15.5. The summed E-state index contributed by atoms with van der Waals surface area (Å²) in [6.07, 6.45) is -0.181. The molecular weight excluding hydrogens is 296 g/mol. The van der Waals surface area contributed by atoms with Crippen molar-refractivity contribution >= 4 is 10.0 Å². The molecule has 1 saturated heterocycles. The van der Waals surface area contributed by atoms with Gasteiger partial charge in [0, 0.05) is 26.3 Å². The van der Waals surface area contributed by atoms with E-state index < -0.39 is 10.0 Å². The predicted molar refractivity (Wildman–Crippen MR) is 77.3 cm³/mol. The zero-order valence-electron chi connectivity index (χ0n) is 12.3. The van der Waals surface area contributed by atoms with Crippen LogP contribution in [-0.4, -0.2) is 55.0 Å². The highest BCUT2D eigenvalue weighted by molar-refractivity contribution is 7.89. The Kier molecular flexibility index (Phi) is 5.04. The van der Waals surface area contributed by atoms with Crippen molar-refractivity contribution in [3.8, 4) is 11.5 Å². The van der Waals surface area contributed by atoms with Gasteiger partial charge in [-0.25, -0.2) is 13.1 Å². The van der Waals surface area contributed by atoms with E-state index in [1.807, 2.05) is 0 Å². The van der Waals surface area contributed by atoms with Gasteiger partial charge in [0.2, 0.25) is 10.0 Å². The number of benzene rings is 1.